The van der Waals surface area contributed by atoms with E-state index in [1.165, 1.54) is 68.1 Å². The van der Waals surface area contributed by atoms with E-state index >= 15 is 0 Å². The molecular formula is C20H25N3O8S. The third kappa shape index (κ3) is 6.23. The van der Waals surface area contributed by atoms with Crippen molar-refractivity contribution in [1.29, 1.82) is 0 Å². The smallest absolute Gasteiger partial charge is 0.271 e. The van der Waals surface area contributed by atoms with Gasteiger partial charge in [0.2, 0.25) is 10.0 Å². The molecule has 0 aliphatic rings. The SMILES string of the molecule is COCCN(CCOC)S(=O)(=O)c1ccc(C(=O)Nc2cc([N+](=O)[O-])ccc2OC)cc1. The van der Waals surface area contributed by atoms with Crippen molar-refractivity contribution in [2.75, 3.05) is 52.9 Å². The number of sulfonamides is 1. The number of hydrogen-bond donors (Lipinski definition) is 1. The highest BCUT2D eigenvalue weighted by molar-refractivity contribution is 7.89. The van der Waals surface area contributed by atoms with Crippen LogP contribution in [0.25, 0.3) is 0 Å². The second kappa shape index (κ2) is 11.5. The van der Waals surface area contributed by atoms with Crippen LogP contribution < -0.4 is 10.1 Å². The molecule has 0 aliphatic heterocycles. The summed E-state index contributed by atoms with van der Waals surface area (Å²) >= 11 is 0. The van der Waals surface area contributed by atoms with E-state index in [1.54, 1.807) is 0 Å². The maximum atomic E-state index is 12.9. The number of methoxy groups -OCH3 is 3. The van der Waals surface area contributed by atoms with Crippen molar-refractivity contribution >= 4 is 27.3 Å². The van der Waals surface area contributed by atoms with Crippen LogP contribution in [0.1, 0.15) is 10.4 Å². The van der Waals surface area contributed by atoms with Gasteiger partial charge in [-0.3, -0.25) is 14.9 Å². The average Bonchev–Trinajstić information content (AvgIpc) is 2.78. The summed E-state index contributed by atoms with van der Waals surface area (Å²) in [6.45, 7) is 0.733. The Balaban J connectivity index is 2.23. The van der Waals surface area contributed by atoms with E-state index < -0.39 is 20.9 Å². The summed E-state index contributed by atoms with van der Waals surface area (Å²) in [5.41, 5.74) is 0.0706. The molecule has 0 heterocycles. The Morgan fingerprint density at radius 2 is 1.62 bits per heavy atom. The second-order valence-corrected chi connectivity index (χ2v) is 8.45. The molecular weight excluding hydrogens is 442 g/mol. The summed E-state index contributed by atoms with van der Waals surface area (Å²) in [6, 6.07) is 9.17. The van der Waals surface area contributed by atoms with Crippen molar-refractivity contribution in [2.24, 2.45) is 0 Å². The summed E-state index contributed by atoms with van der Waals surface area (Å²) in [4.78, 5) is 23.0. The van der Waals surface area contributed by atoms with E-state index in [0.29, 0.717) is 0 Å². The van der Waals surface area contributed by atoms with Gasteiger partial charge in [-0.2, -0.15) is 4.31 Å². The number of carbonyl (C=O) groups is 1. The zero-order valence-corrected chi connectivity index (χ0v) is 18.8. The van der Waals surface area contributed by atoms with Crippen LogP contribution in [0.15, 0.2) is 47.4 Å². The van der Waals surface area contributed by atoms with Gasteiger partial charge in [0.05, 0.1) is 35.8 Å². The Kier molecular flexibility index (Phi) is 9.08. The van der Waals surface area contributed by atoms with Crippen LogP contribution >= 0.6 is 0 Å². The highest BCUT2D eigenvalue weighted by Gasteiger charge is 2.24. The molecule has 2 aromatic carbocycles. The second-order valence-electron chi connectivity index (χ2n) is 6.51. The lowest BCUT2D eigenvalue weighted by atomic mass is 10.2. The number of nitro benzene ring substituents is 1. The van der Waals surface area contributed by atoms with Crippen LogP contribution in [-0.2, 0) is 19.5 Å². The number of non-ortho nitro benzene ring substituents is 1. The van der Waals surface area contributed by atoms with Crippen LogP contribution in [0.2, 0.25) is 0 Å². The lowest BCUT2D eigenvalue weighted by Crippen LogP contribution is -2.36. The first-order valence-electron chi connectivity index (χ1n) is 9.46. The molecule has 0 fully saturated rings. The highest BCUT2D eigenvalue weighted by atomic mass is 32.2. The monoisotopic (exact) mass is 467 g/mol. The van der Waals surface area contributed by atoms with Gasteiger partial charge < -0.3 is 19.5 Å². The molecule has 0 spiro atoms. The van der Waals surface area contributed by atoms with E-state index in [1.807, 2.05) is 0 Å². The third-order valence-corrected chi connectivity index (χ3v) is 6.40. The minimum absolute atomic E-state index is 0.00851. The predicted molar refractivity (Wildman–Crippen MR) is 117 cm³/mol. The molecule has 0 radical (unpaired) electrons. The number of benzene rings is 2. The quantitative estimate of drug-likeness (QED) is 0.370. The first-order chi connectivity index (χ1) is 15.2. The first kappa shape index (κ1) is 25.2. The largest absolute Gasteiger partial charge is 0.495 e. The van der Waals surface area contributed by atoms with Gasteiger partial charge in [0.1, 0.15) is 5.75 Å². The van der Waals surface area contributed by atoms with Gasteiger partial charge in [0, 0.05) is 45.0 Å². The molecule has 12 heteroatoms. The van der Waals surface area contributed by atoms with E-state index in [-0.39, 0.29) is 53.9 Å². The summed E-state index contributed by atoms with van der Waals surface area (Å²) in [7, 11) is 0.498. The first-order valence-corrected chi connectivity index (χ1v) is 10.9. The summed E-state index contributed by atoms with van der Waals surface area (Å²) in [6.07, 6.45) is 0. The topological polar surface area (TPSA) is 137 Å². The predicted octanol–water partition coefficient (Wildman–Crippen LogP) is 2.14. The maximum Gasteiger partial charge on any atom is 0.271 e. The van der Waals surface area contributed by atoms with Crippen molar-refractivity contribution in [3.63, 3.8) is 0 Å². The number of nitrogens with one attached hydrogen (secondary N) is 1. The molecule has 11 nitrogen and oxygen atoms in total. The average molecular weight is 468 g/mol. The molecule has 2 aromatic rings. The van der Waals surface area contributed by atoms with Gasteiger partial charge in [0.15, 0.2) is 0 Å². The van der Waals surface area contributed by atoms with Gasteiger partial charge in [-0.05, 0) is 30.3 Å². The van der Waals surface area contributed by atoms with E-state index in [9.17, 15) is 23.3 Å². The van der Waals surface area contributed by atoms with Crippen LogP contribution in [0.4, 0.5) is 11.4 Å². The number of hydrogen-bond acceptors (Lipinski definition) is 8. The standard InChI is InChI=1S/C20H25N3O8S/c1-29-12-10-22(11-13-30-2)32(27,28)17-7-4-15(5-8-17)20(24)21-18-14-16(23(25)26)6-9-19(18)31-3/h4-9,14H,10-13H2,1-3H3,(H,21,24). The van der Waals surface area contributed by atoms with Crippen molar-refractivity contribution in [3.8, 4) is 5.75 Å². The fourth-order valence-electron chi connectivity index (χ4n) is 2.77. The number of amides is 1. The zero-order valence-electron chi connectivity index (χ0n) is 17.9. The van der Waals surface area contributed by atoms with E-state index in [0.717, 1.165) is 0 Å². The maximum absolute atomic E-state index is 12.9. The van der Waals surface area contributed by atoms with Crippen molar-refractivity contribution in [1.82, 2.24) is 4.31 Å². The van der Waals surface area contributed by atoms with Crippen molar-refractivity contribution < 1.29 is 32.3 Å². The normalized spacial score (nSPS) is 11.4. The molecule has 1 amide bonds. The van der Waals surface area contributed by atoms with Crippen LogP contribution in [0.5, 0.6) is 5.75 Å². The Morgan fingerprint density at radius 1 is 1.03 bits per heavy atom. The fraction of sp³-hybridized carbons (Fsp3) is 0.350. The van der Waals surface area contributed by atoms with E-state index in [4.69, 9.17) is 14.2 Å². The van der Waals surface area contributed by atoms with Gasteiger partial charge >= 0.3 is 0 Å². The number of anilines is 1. The minimum Gasteiger partial charge on any atom is -0.495 e. The Bertz CT molecular complexity index is 1030. The van der Waals surface area contributed by atoms with Gasteiger partial charge in [0.25, 0.3) is 11.6 Å². The molecule has 1 N–H and O–H groups in total. The number of nitro groups is 1. The molecule has 2 rings (SSSR count). The molecule has 0 bridgehead atoms. The molecule has 0 atom stereocenters. The molecule has 32 heavy (non-hydrogen) atoms. The lowest BCUT2D eigenvalue weighted by Gasteiger charge is -2.21. The lowest BCUT2D eigenvalue weighted by molar-refractivity contribution is -0.384. The van der Waals surface area contributed by atoms with Crippen LogP contribution in [0.3, 0.4) is 0 Å². The summed E-state index contributed by atoms with van der Waals surface area (Å²) in [5.74, 6) is -0.335. The number of rotatable bonds is 12. The van der Waals surface area contributed by atoms with Crippen molar-refractivity contribution in [2.45, 2.75) is 4.90 Å². The van der Waals surface area contributed by atoms with Gasteiger partial charge in [-0.25, -0.2) is 8.42 Å². The molecule has 0 aliphatic carbocycles. The zero-order chi connectivity index (χ0) is 23.7. The van der Waals surface area contributed by atoms with Crippen LogP contribution in [-0.4, -0.2) is 71.2 Å². The summed E-state index contributed by atoms with van der Waals surface area (Å²) < 4.78 is 42.2. The molecule has 0 aromatic heterocycles. The molecule has 0 saturated carbocycles. The van der Waals surface area contributed by atoms with Crippen LogP contribution in [0, 0.1) is 10.1 Å². The Morgan fingerprint density at radius 3 is 2.12 bits per heavy atom. The van der Waals surface area contributed by atoms with E-state index in [2.05, 4.69) is 5.32 Å². The number of carbonyl (C=O) groups excluding carboxylic acids is 1. The minimum atomic E-state index is -3.83. The molecule has 0 unspecified atom stereocenters. The fourth-order valence-corrected chi connectivity index (χ4v) is 4.18. The third-order valence-electron chi connectivity index (χ3n) is 4.49. The number of ether oxygens (including phenoxy) is 3. The van der Waals surface area contributed by atoms with Gasteiger partial charge in [-0.1, -0.05) is 0 Å². The Hall–Kier alpha value is -3.06. The molecule has 0 saturated heterocycles. The molecule has 174 valence electrons. The number of nitrogens with zero attached hydrogens (tertiary/aromatic N) is 2. The van der Waals surface area contributed by atoms with Gasteiger partial charge in [-0.15, -0.1) is 0 Å². The van der Waals surface area contributed by atoms with Crippen molar-refractivity contribution in [3.05, 3.63) is 58.1 Å². The summed E-state index contributed by atoms with van der Waals surface area (Å²) in [5, 5.41) is 13.6. The highest BCUT2D eigenvalue weighted by Crippen LogP contribution is 2.29. The Labute approximate surface area is 186 Å².